The number of aliphatic hydroxyl groups excluding tert-OH is 5. The third-order valence-corrected chi connectivity index (χ3v) is 10.9. The molecule has 0 aromatic rings. The van der Waals surface area contributed by atoms with Crippen LogP contribution in [-0.4, -0.2) is 98.3 Å². The molecule has 0 bridgehead atoms. The topological polar surface area (TPSA) is 210 Å². The zero-order valence-corrected chi connectivity index (χ0v) is 36.7. The maximum Gasteiger partial charge on any atom is 0.472 e. The number of aliphatic hydroxyl groups is 5. The summed E-state index contributed by atoms with van der Waals surface area (Å²) in [6.07, 6.45) is 28.4. The van der Waals surface area contributed by atoms with E-state index in [1.807, 2.05) is 36.5 Å². The van der Waals surface area contributed by atoms with E-state index in [2.05, 4.69) is 38.2 Å². The highest BCUT2D eigenvalue weighted by Gasteiger charge is 2.51. The Hall–Kier alpha value is -2.45. The molecule has 340 valence electrons. The standard InChI is InChI=1S/C45H77O13P/c1-3-5-7-9-11-13-15-17-19-21-23-25-27-29-31-33-38(46)55-35-37(36-56-59(53,54)58-45-43(51)41(49)40(48)42(50)44(45)52)57-39(47)34-32-30-28-26-24-22-20-18-16-14-12-10-8-6-4-2/h5,7,9-13,15,17,19,37,40-45,48-52H,3-4,6,8,14,16,18,20-36H2,1-2H3,(H,53,54)/b7-5+,11-9+,12-10+,15-13+,19-17+/t37-,40?,41-,42?,43?,44?,45?/m1/s1. The zero-order chi connectivity index (χ0) is 43.6. The van der Waals surface area contributed by atoms with Crippen molar-refractivity contribution >= 4 is 19.8 Å². The Bertz CT molecular complexity index is 1270. The van der Waals surface area contributed by atoms with Crippen molar-refractivity contribution in [2.45, 2.75) is 198 Å². The summed E-state index contributed by atoms with van der Waals surface area (Å²) in [6, 6.07) is 0. The van der Waals surface area contributed by atoms with Crippen molar-refractivity contribution in [1.82, 2.24) is 0 Å². The number of allylic oxidation sites excluding steroid dienone is 10. The predicted octanol–water partition coefficient (Wildman–Crippen LogP) is 8.16. The number of phosphoric acid groups is 1. The summed E-state index contributed by atoms with van der Waals surface area (Å²) in [5, 5.41) is 50.1. The average molecular weight is 857 g/mol. The molecule has 6 unspecified atom stereocenters. The molecule has 13 nitrogen and oxygen atoms in total. The van der Waals surface area contributed by atoms with Gasteiger partial charge in [0.1, 0.15) is 43.2 Å². The minimum Gasteiger partial charge on any atom is -0.462 e. The Balaban J connectivity index is 2.50. The fourth-order valence-corrected chi connectivity index (χ4v) is 7.31. The number of rotatable bonds is 35. The molecule has 14 heteroatoms. The molecule has 0 aromatic heterocycles. The van der Waals surface area contributed by atoms with E-state index in [0.29, 0.717) is 12.8 Å². The Morgan fingerprint density at radius 1 is 0.542 bits per heavy atom. The smallest absolute Gasteiger partial charge is 0.462 e. The lowest BCUT2D eigenvalue weighted by molar-refractivity contribution is -0.220. The first kappa shape index (κ1) is 54.6. The van der Waals surface area contributed by atoms with E-state index in [-0.39, 0.29) is 12.8 Å². The van der Waals surface area contributed by atoms with Crippen LogP contribution < -0.4 is 0 Å². The molecule has 0 radical (unpaired) electrons. The number of hydrogen-bond acceptors (Lipinski definition) is 12. The van der Waals surface area contributed by atoms with E-state index in [1.165, 1.54) is 44.9 Å². The third kappa shape index (κ3) is 27.9. The van der Waals surface area contributed by atoms with Crippen molar-refractivity contribution in [3.05, 3.63) is 60.8 Å². The van der Waals surface area contributed by atoms with Gasteiger partial charge in [0, 0.05) is 12.8 Å². The maximum atomic E-state index is 12.8. The SMILES string of the molecule is CC/C=C/C=C/C=C/C=C/CCCCCCCC(=O)OC[C@H](COP(=O)(O)OC1C(O)C(O)C(O)[C@@H](O)C1O)OC(=O)CCCCCCCCCCC/C=C/CCCC. The van der Waals surface area contributed by atoms with Crippen LogP contribution in [0.2, 0.25) is 0 Å². The Labute approximate surface area is 353 Å². The first-order valence-electron chi connectivity index (χ1n) is 22.1. The average Bonchev–Trinajstić information content (AvgIpc) is 3.21. The van der Waals surface area contributed by atoms with Gasteiger partial charge in [0.05, 0.1) is 6.61 Å². The molecule has 1 aliphatic rings. The molecule has 0 amide bonds. The molecule has 1 rings (SSSR count). The second-order valence-corrected chi connectivity index (χ2v) is 16.7. The number of ether oxygens (including phenoxy) is 2. The van der Waals surface area contributed by atoms with Gasteiger partial charge in [0.2, 0.25) is 0 Å². The van der Waals surface area contributed by atoms with Crippen molar-refractivity contribution < 1.29 is 63.1 Å². The van der Waals surface area contributed by atoms with Crippen LogP contribution >= 0.6 is 7.82 Å². The summed E-state index contributed by atoms with van der Waals surface area (Å²) >= 11 is 0. The van der Waals surface area contributed by atoms with E-state index >= 15 is 0 Å². The van der Waals surface area contributed by atoms with Crippen molar-refractivity contribution in [3.63, 3.8) is 0 Å². The van der Waals surface area contributed by atoms with Crippen LogP contribution in [0.3, 0.4) is 0 Å². The normalized spacial score (nSPS) is 22.9. The molecule has 0 saturated heterocycles. The van der Waals surface area contributed by atoms with Gasteiger partial charge in [0.15, 0.2) is 6.10 Å². The molecule has 1 fully saturated rings. The molecular weight excluding hydrogens is 779 g/mol. The second-order valence-electron chi connectivity index (χ2n) is 15.3. The summed E-state index contributed by atoms with van der Waals surface area (Å²) in [6.45, 7) is 3.09. The monoisotopic (exact) mass is 857 g/mol. The van der Waals surface area contributed by atoms with Crippen LogP contribution in [0.5, 0.6) is 0 Å². The van der Waals surface area contributed by atoms with Crippen LogP contribution in [0.1, 0.15) is 155 Å². The highest BCUT2D eigenvalue weighted by molar-refractivity contribution is 7.47. The highest BCUT2D eigenvalue weighted by Crippen LogP contribution is 2.47. The Kier molecular flexibility index (Phi) is 32.5. The largest absolute Gasteiger partial charge is 0.472 e. The van der Waals surface area contributed by atoms with Crippen molar-refractivity contribution in [1.29, 1.82) is 0 Å². The van der Waals surface area contributed by atoms with Crippen LogP contribution in [-0.2, 0) is 32.7 Å². The van der Waals surface area contributed by atoms with Gasteiger partial charge in [-0.1, -0.05) is 152 Å². The molecule has 0 aromatic carbocycles. The lowest BCUT2D eigenvalue weighted by Gasteiger charge is -2.41. The summed E-state index contributed by atoms with van der Waals surface area (Å²) in [4.78, 5) is 35.6. The third-order valence-electron chi connectivity index (χ3n) is 9.94. The van der Waals surface area contributed by atoms with Crippen molar-refractivity contribution in [2.75, 3.05) is 13.2 Å². The predicted molar refractivity (Wildman–Crippen MR) is 230 cm³/mol. The van der Waals surface area contributed by atoms with E-state index in [0.717, 1.165) is 70.6 Å². The lowest BCUT2D eigenvalue weighted by atomic mass is 9.85. The van der Waals surface area contributed by atoms with Crippen LogP contribution in [0.25, 0.3) is 0 Å². The van der Waals surface area contributed by atoms with Gasteiger partial charge in [-0.2, -0.15) is 0 Å². The van der Waals surface area contributed by atoms with Gasteiger partial charge in [-0.3, -0.25) is 18.6 Å². The molecule has 0 heterocycles. The van der Waals surface area contributed by atoms with Gasteiger partial charge < -0.3 is 39.9 Å². The first-order valence-corrected chi connectivity index (χ1v) is 23.6. The first-order chi connectivity index (χ1) is 28.4. The molecule has 6 N–H and O–H groups in total. The number of carbonyl (C=O) groups is 2. The quantitative estimate of drug-likeness (QED) is 0.0117. The molecular formula is C45H77O13P. The molecule has 1 saturated carbocycles. The molecule has 8 atom stereocenters. The van der Waals surface area contributed by atoms with Gasteiger partial charge in [0.25, 0.3) is 0 Å². The molecule has 0 spiro atoms. The zero-order valence-electron chi connectivity index (χ0n) is 35.8. The summed E-state index contributed by atoms with van der Waals surface area (Å²) in [7, 11) is -5.12. The number of phosphoric ester groups is 1. The Morgan fingerprint density at radius 2 is 0.983 bits per heavy atom. The maximum absolute atomic E-state index is 12.8. The molecule has 0 aliphatic heterocycles. The van der Waals surface area contributed by atoms with E-state index in [1.54, 1.807) is 0 Å². The summed E-state index contributed by atoms with van der Waals surface area (Å²) in [5.41, 5.74) is 0. The fourth-order valence-electron chi connectivity index (χ4n) is 6.34. The minimum absolute atomic E-state index is 0.0862. The number of esters is 2. The van der Waals surface area contributed by atoms with Gasteiger partial charge in [-0.05, 0) is 51.4 Å². The summed E-state index contributed by atoms with van der Waals surface area (Å²) < 4.78 is 33.5. The van der Waals surface area contributed by atoms with Gasteiger partial charge in [-0.15, -0.1) is 0 Å². The van der Waals surface area contributed by atoms with Gasteiger partial charge in [-0.25, -0.2) is 4.57 Å². The van der Waals surface area contributed by atoms with Crippen LogP contribution in [0.4, 0.5) is 0 Å². The lowest BCUT2D eigenvalue weighted by Crippen LogP contribution is -2.64. The second kappa shape index (κ2) is 35.2. The number of hydrogen-bond donors (Lipinski definition) is 6. The van der Waals surface area contributed by atoms with Crippen LogP contribution in [0.15, 0.2) is 60.8 Å². The van der Waals surface area contributed by atoms with Crippen molar-refractivity contribution in [3.8, 4) is 0 Å². The molecule has 59 heavy (non-hydrogen) atoms. The molecule has 1 aliphatic carbocycles. The van der Waals surface area contributed by atoms with Gasteiger partial charge >= 0.3 is 19.8 Å². The summed E-state index contributed by atoms with van der Waals surface area (Å²) in [5.74, 6) is -1.13. The van der Waals surface area contributed by atoms with E-state index in [9.17, 15) is 44.6 Å². The van der Waals surface area contributed by atoms with Crippen LogP contribution in [0, 0.1) is 0 Å². The Morgan fingerprint density at radius 3 is 1.53 bits per heavy atom. The fraction of sp³-hybridized carbons (Fsp3) is 0.733. The van der Waals surface area contributed by atoms with E-state index in [4.69, 9.17) is 18.5 Å². The number of carbonyl (C=O) groups excluding carboxylic acids is 2. The van der Waals surface area contributed by atoms with Crippen molar-refractivity contribution in [2.24, 2.45) is 0 Å². The highest BCUT2D eigenvalue weighted by atomic mass is 31.2. The minimum atomic E-state index is -5.12. The number of unbranched alkanes of at least 4 members (excludes halogenated alkanes) is 16. The van der Waals surface area contributed by atoms with E-state index < -0.39 is 75.7 Å².